The Labute approximate surface area is 118 Å². The van der Waals surface area contributed by atoms with Crippen LogP contribution in [0.4, 0.5) is 0 Å². The molecule has 0 aromatic heterocycles. The van der Waals surface area contributed by atoms with Gasteiger partial charge in [0.05, 0.1) is 0 Å². The van der Waals surface area contributed by atoms with Crippen molar-refractivity contribution in [3.63, 3.8) is 0 Å². The van der Waals surface area contributed by atoms with Crippen LogP contribution in [0.3, 0.4) is 0 Å². The minimum Gasteiger partial charge on any atom is -0.314 e. The Morgan fingerprint density at radius 3 is 2.16 bits per heavy atom. The van der Waals surface area contributed by atoms with E-state index in [9.17, 15) is 0 Å². The summed E-state index contributed by atoms with van der Waals surface area (Å²) in [6.45, 7) is 13.7. The summed E-state index contributed by atoms with van der Waals surface area (Å²) in [5, 5.41) is 3.46. The van der Waals surface area contributed by atoms with Crippen LogP contribution in [0, 0.1) is 19.8 Å². The van der Waals surface area contributed by atoms with Crippen molar-refractivity contribution >= 4 is 0 Å². The monoisotopic (exact) mass is 260 g/mol. The Morgan fingerprint density at radius 2 is 1.63 bits per heavy atom. The average molecular weight is 260 g/mol. The van der Waals surface area contributed by atoms with E-state index in [2.05, 4.69) is 56.1 Å². The molecule has 2 nitrogen and oxygen atoms in total. The highest BCUT2D eigenvalue weighted by atomic mass is 15.2. The zero-order valence-electron chi connectivity index (χ0n) is 12.9. The first-order chi connectivity index (χ1) is 9.06. The molecule has 0 amide bonds. The third-order valence-corrected chi connectivity index (χ3v) is 3.92. The number of hydrogen-bond donors (Lipinski definition) is 1. The van der Waals surface area contributed by atoms with Crippen molar-refractivity contribution in [2.24, 2.45) is 5.92 Å². The van der Waals surface area contributed by atoms with Crippen LogP contribution >= 0.6 is 0 Å². The predicted molar refractivity (Wildman–Crippen MR) is 82.6 cm³/mol. The van der Waals surface area contributed by atoms with E-state index in [0.29, 0.717) is 6.04 Å². The highest BCUT2D eigenvalue weighted by Crippen LogP contribution is 2.29. The molecule has 19 heavy (non-hydrogen) atoms. The van der Waals surface area contributed by atoms with Gasteiger partial charge >= 0.3 is 0 Å². The first-order valence-corrected chi connectivity index (χ1v) is 7.59. The van der Waals surface area contributed by atoms with E-state index in [-0.39, 0.29) is 0 Å². The van der Waals surface area contributed by atoms with Crippen LogP contribution in [0.2, 0.25) is 0 Å². The Morgan fingerprint density at radius 1 is 1.05 bits per heavy atom. The molecule has 1 aromatic rings. The summed E-state index contributed by atoms with van der Waals surface area (Å²) in [6.07, 6.45) is 1.25. The molecule has 0 bridgehead atoms. The fourth-order valence-electron chi connectivity index (χ4n) is 3.14. The molecule has 1 fully saturated rings. The van der Waals surface area contributed by atoms with Gasteiger partial charge in [-0.2, -0.15) is 0 Å². The summed E-state index contributed by atoms with van der Waals surface area (Å²) in [6, 6.07) is 7.61. The second-order valence-electron chi connectivity index (χ2n) is 6.35. The van der Waals surface area contributed by atoms with Gasteiger partial charge in [0.2, 0.25) is 0 Å². The van der Waals surface area contributed by atoms with Crippen molar-refractivity contribution in [2.45, 2.75) is 40.2 Å². The van der Waals surface area contributed by atoms with Gasteiger partial charge in [0.25, 0.3) is 0 Å². The van der Waals surface area contributed by atoms with Crippen molar-refractivity contribution in [1.29, 1.82) is 0 Å². The molecule has 1 N–H and O–H groups in total. The molecule has 2 rings (SSSR count). The number of piperazine rings is 1. The fraction of sp³-hybridized carbons (Fsp3) is 0.647. The zero-order valence-corrected chi connectivity index (χ0v) is 12.9. The maximum atomic E-state index is 3.46. The Balaban J connectivity index is 2.24. The molecule has 1 aliphatic heterocycles. The molecule has 0 saturated carbocycles. The number of nitrogens with one attached hydrogen (secondary N) is 1. The predicted octanol–water partition coefficient (Wildman–Crippen LogP) is 3.30. The molecule has 1 heterocycles. The molecule has 0 unspecified atom stereocenters. The van der Waals surface area contributed by atoms with E-state index in [4.69, 9.17) is 0 Å². The highest BCUT2D eigenvalue weighted by Gasteiger charge is 2.23. The van der Waals surface area contributed by atoms with Crippen molar-refractivity contribution in [3.05, 3.63) is 34.9 Å². The van der Waals surface area contributed by atoms with Gasteiger partial charge < -0.3 is 5.32 Å². The van der Waals surface area contributed by atoms with Gasteiger partial charge in [-0.15, -0.1) is 0 Å². The first-order valence-electron chi connectivity index (χ1n) is 7.59. The lowest BCUT2D eigenvalue weighted by Gasteiger charge is -2.36. The number of aryl methyl sites for hydroxylation is 2. The standard InChI is InChI=1S/C17H28N2/c1-13(2)9-17(19-7-5-18-6-8-19)16-11-14(3)10-15(4)12-16/h10-13,17-18H,5-9H2,1-4H3/t17-/m0/s1. The number of hydrogen-bond acceptors (Lipinski definition) is 2. The maximum absolute atomic E-state index is 3.46. The van der Waals surface area contributed by atoms with Crippen LogP contribution in [0.15, 0.2) is 18.2 Å². The SMILES string of the molecule is Cc1cc(C)cc([C@H](CC(C)C)N2CCNCC2)c1. The molecule has 1 aromatic carbocycles. The molecular formula is C17H28N2. The number of rotatable bonds is 4. The van der Waals surface area contributed by atoms with E-state index < -0.39 is 0 Å². The summed E-state index contributed by atoms with van der Waals surface area (Å²) in [5.74, 6) is 0.737. The lowest BCUT2D eigenvalue weighted by atomic mass is 9.93. The Kier molecular flexibility index (Phi) is 5.00. The molecule has 0 radical (unpaired) electrons. The van der Waals surface area contributed by atoms with Crippen LogP contribution in [-0.4, -0.2) is 31.1 Å². The van der Waals surface area contributed by atoms with Gasteiger partial charge in [-0.05, 0) is 31.7 Å². The molecule has 0 spiro atoms. The van der Waals surface area contributed by atoms with E-state index in [1.54, 1.807) is 0 Å². The summed E-state index contributed by atoms with van der Waals surface area (Å²) in [4.78, 5) is 2.66. The van der Waals surface area contributed by atoms with E-state index in [1.165, 1.54) is 36.2 Å². The molecule has 1 atom stereocenters. The largest absolute Gasteiger partial charge is 0.314 e. The molecule has 2 heteroatoms. The van der Waals surface area contributed by atoms with E-state index >= 15 is 0 Å². The van der Waals surface area contributed by atoms with Gasteiger partial charge in [-0.3, -0.25) is 4.90 Å². The first kappa shape index (κ1) is 14.5. The second-order valence-corrected chi connectivity index (χ2v) is 6.35. The summed E-state index contributed by atoms with van der Waals surface area (Å²) in [7, 11) is 0. The smallest absolute Gasteiger partial charge is 0.0351 e. The minimum atomic E-state index is 0.584. The third-order valence-electron chi connectivity index (χ3n) is 3.92. The van der Waals surface area contributed by atoms with Crippen LogP contribution in [-0.2, 0) is 0 Å². The van der Waals surface area contributed by atoms with Crippen molar-refractivity contribution in [2.75, 3.05) is 26.2 Å². The van der Waals surface area contributed by atoms with Crippen LogP contribution in [0.1, 0.15) is 43.0 Å². The molecule has 0 aliphatic carbocycles. The quantitative estimate of drug-likeness (QED) is 0.893. The van der Waals surface area contributed by atoms with Crippen molar-refractivity contribution in [3.8, 4) is 0 Å². The maximum Gasteiger partial charge on any atom is 0.0351 e. The van der Waals surface area contributed by atoms with Gasteiger partial charge in [-0.1, -0.05) is 43.2 Å². The molecular weight excluding hydrogens is 232 g/mol. The van der Waals surface area contributed by atoms with Crippen molar-refractivity contribution < 1.29 is 0 Å². The molecule has 1 aliphatic rings. The lowest BCUT2D eigenvalue weighted by molar-refractivity contribution is 0.154. The highest BCUT2D eigenvalue weighted by molar-refractivity contribution is 5.31. The second kappa shape index (κ2) is 6.53. The van der Waals surface area contributed by atoms with E-state index in [1.807, 2.05) is 0 Å². The normalized spacial score (nSPS) is 18.8. The topological polar surface area (TPSA) is 15.3 Å². The average Bonchev–Trinajstić information content (AvgIpc) is 2.35. The van der Waals surface area contributed by atoms with Gasteiger partial charge in [0.15, 0.2) is 0 Å². The van der Waals surface area contributed by atoms with Crippen LogP contribution in [0.25, 0.3) is 0 Å². The molecule has 1 saturated heterocycles. The Hall–Kier alpha value is -0.860. The zero-order chi connectivity index (χ0) is 13.8. The van der Waals surface area contributed by atoms with Crippen LogP contribution in [0.5, 0.6) is 0 Å². The number of nitrogens with zero attached hydrogens (tertiary/aromatic N) is 1. The molecule has 106 valence electrons. The van der Waals surface area contributed by atoms with Crippen molar-refractivity contribution in [1.82, 2.24) is 10.2 Å². The summed E-state index contributed by atoms with van der Waals surface area (Å²) in [5.41, 5.74) is 4.28. The lowest BCUT2D eigenvalue weighted by Crippen LogP contribution is -2.45. The third kappa shape index (κ3) is 4.05. The number of benzene rings is 1. The van der Waals surface area contributed by atoms with Gasteiger partial charge in [0, 0.05) is 32.2 Å². The summed E-state index contributed by atoms with van der Waals surface area (Å²) >= 11 is 0. The van der Waals surface area contributed by atoms with Crippen LogP contribution < -0.4 is 5.32 Å². The summed E-state index contributed by atoms with van der Waals surface area (Å²) < 4.78 is 0. The Bertz CT molecular complexity index is 385. The minimum absolute atomic E-state index is 0.584. The fourth-order valence-corrected chi connectivity index (χ4v) is 3.14. The van der Waals surface area contributed by atoms with Gasteiger partial charge in [0.1, 0.15) is 0 Å². The van der Waals surface area contributed by atoms with E-state index in [0.717, 1.165) is 19.0 Å². The van der Waals surface area contributed by atoms with Gasteiger partial charge in [-0.25, -0.2) is 0 Å².